The summed E-state index contributed by atoms with van der Waals surface area (Å²) >= 11 is 0. The second-order valence-corrected chi connectivity index (χ2v) is 2.73. The summed E-state index contributed by atoms with van der Waals surface area (Å²) in [7, 11) is 1.59. The van der Waals surface area contributed by atoms with Gasteiger partial charge in [0.05, 0.1) is 12.8 Å². The van der Waals surface area contributed by atoms with Crippen molar-refractivity contribution in [1.29, 1.82) is 0 Å². The van der Waals surface area contributed by atoms with Crippen molar-refractivity contribution in [2.45, 2.75) is 13.3 Å². The maximum absolute atomic E-state index is 11.0. The Morgan fingerprint density at radius 3 is 2.79 bits per heavy atom. The summed E-state index contributed by atoms with van der Waals surface area (Å²) in [5.41, 5.74) is 6.09. The van der Waals surface area contributed by atoms with Gasteiger partial charge in [0.1, 0.15) is 5.75 Å². The van der Waals surface area contributed by atoms with Crippen LogP contribution in [-0.4, -0.2) is 13.0 Å². The molecular weight excluding hydrogens is 180 g/mol. The number of hydrazine groups is 1. The van der Waals surface area contributed by atoms with Gasteiger partial charge in [-0.3, -0.25) is 15.6 Å². The number of hydrogen-bond acceptors (Lipinski definition) is 3. The van der Waals surface area contributed by atoms with E-state index in [1.807, 2.05) is 24.3 Å². The number of amides is 1. The molecule has 14 heavy (non-hydrogen) atoms. The zero-order valence-corrected chi connectivity index (χ0v) is 8.33. The molecule has 0 atom stereocenters. The number of anilines is 1. The van der Waals surface area contributed by atoms with Crippen molar-refractivity contribution in [2.75, 3.05) is 12.5 Å². The summed E-state index contributed by atoms with van der Waals surface area (Å²) in [5.74, 6) is 0.639. The molecule has 1 amide bonds. The van der Waals surface area contributed by atoms with E-state index in [1.165, 1.54) is 0 Å². The van der Waals surface area contributed by atoms with Crippen LogP contribution in [0.2, 0.25) is 0 Å². The predicted molar refractivity (Wildman–Crippen MR) is 55.1 cm³/mol. The zero-order chi connectivity index (χ0) is 10.4. The maximum atomic E-state index is 11.0. The molecule has 4 nitrogen and oxygen atoms in total. The third-order valence-electron chi connectivity index (χ3n) is 1.76. The molecule has 0 heterocycles. The number of para-hydroxylation sites is 2. The van der Waals surface area contributed by atoms with E-state index in [9.17, 15) is 4.79 Å². The van der Waals surface area contributed by atoms with Crippen molar-refractivity contribution in [3.63, 3.8) is 0 Å². The predicted octanol–water partition coefficient (Wildman–Crippen LogP) is 1.55. The molecule has 0 aliphatic heterocycles. The molecule has 0 saturated carbocycles. The Bertz CT molecular complexity index is 313. The van der Waals surface area contributed by atoms with Gasteiger partial charge in [-0.25, -0.2) is 0 Å². The molecule has 0 radical (unpaired) electrons. The number of carbonyl (C=O) groups excluding carboxylic acids is 1. The summed E-state index contributed by atoms with van der Waals surface area (Å²) in [6.07, 6.45) is 0.447. The van der Waals surface area contributed by atoms with E-state index in [-0.39, 0.29) is 5.91 Å². The molecule has 0 bridgehead atoms. The minimum absolute atomic E-state index is 0.0593. The number of rotatable bonds is 4. The number of benzene rings is 1. The number of methoxy groups -OCH3 is 1. The average molecular weight is 194 g/mol. The molecule has 1 aromatic rings. The van der Waals surface area contributed by atoms with Gasteiger partial charge < -0.3 is 4.74 Å². The average Bonchev–Trinajstić information content (AvgIpc) is 2.26. The van der Waals surface area contributed by atoms with Gasteiger partial charge in [0.15, 0.2) is 0 Å². The van der Waals surface area contributed by atoms with E-state index in [0.29, 0.717) is 12.2 Å². The van der Waals surface area contributed by atoms with E-state index < -0.39 is 0 Å². The SMILES string of the molecule is CCC(=O)NNc1ccccc1OC. The summed E-state index contributed by atoms with van der Waals surface area (Å²) in [5, 5.41) is 0. The Hall–Kier alpha value is -1.71. The van der Waals surface area contributed by atoms with E-state index in [4.69, 9.17) is 4.74 Å². The maximum Gasteiger partial charge on any atom is 0.238 e. The molecule has 0 aliphatic rings. The fraction of sp³-hybridized carbons (Fsp3) is 0.300. The van der Waals surface area contributed by atoms with Crippen molar-refractivity contribution >= 4 is 11.6 Å². The van der Waals surface area contributed by atoms with Gasteiger partial charge in [0.25, 0.3) is 0 Å². The number of ether oxygens (including phenoxy) is 1. The van der Waals surface area contributed by atoms with Crippen LogP contribution in [-0.2, 0) is 4.79 Å². The quantitative estimate of drug-likeness (QED) is 0.715. The van der Waals surface area contributed by atoms with Crippen LogP contribution >= 0.6 is 0 Å². The van der Waals surface area contributed by atoms with Crippen molar-refractivity contribution in [1.82, 2.24) is 5.43 Å². The lowest BCUT2D eigenvalue weighted by atomic mass is 10.3. The van der Waals surface area contributed by atoms with E-state index >= 15 is 0 Å². The van der Waals surface area contributed by atoms with Gasteiger partial charge >= 0.3 is 0 Å². The van der Waals surface area contributed by atoms with Gasteiger partial charge in [-0.15, -0.1) is 0 Å². The standard InChI is InChI=1S/C10H14N2O2/c1-3-10(13)12-11-8-6-4-5-7-9(8)14-2/h4-7,11H,3H2,1-2H3,(H,12,13). The van der Waals surface area contributed by atoms with Gasteiger partial charge in [-0.05, 0) is 12.1 Å². The second kappa shape index (κ2) is 5.11. The van der Waals surface area contributed by atoms with Crippen molar-refractivity contribution in [3.8, 4) is 5.75 Å². The Morgan fingerprint density at radius 1 is 1.43 bits per heavy atom. The lowest BCUT2D eigenvalue weighted by Crippen LogP contribution is -2.28. The normalized spacial score (nSPS) is 9.29. The Kier molecular flexibility index (Phi) is 3.79. The second-order valence-electron chi connectivity index (χ2n) is 2.73. The first-order chi connectivity index (χ1) is 6.77. The molecule has 0 saturated heterocycles. The highest BCUT2D eigenvalue weighted by Gasteiger charge is 2.01. The first kappa shape index (κ1) is 10.4. The molecule has 0 unspecified atom stereocenters. The lowest BCUT2D eigenvalue weighted by Gasteiger charge is -2.10. The fourth-order valence-corrected chi connectivity index (χ4v) is 0.973. The molecule has 4 heteroatoms. The third-order valence-corrected chi connectivity index (χ3v) is 1.76. The van der Waals surface area contributed by atoms with Crippen molar-refractivity contribution in [3.05, 3.63) is 24.3 Å². The molecular formula is C10H14N2O2. The molecule has 0 aromatic heterocycles. The Labute approximate surface area is 83.2 Å². The van der Waals surface area contributed by atoms with Gasteiger partial charge in [0.2, 0.25) is 5.91 Å². The fourth-order valence-electron chi connectivity index (χ4n) is 0.973. The minimum atomic E-state index is -0.0593. The van der Waals surface area contributed by atoms with Crippen LogP contribution in [0.15, 0.2) is 24.3 Å². The van der Waals surface area contributed by atoms with Crippen LogP contribution in [0.25, 0.3) is 0 Å². The third kappa shape index (κ3) is 2.65. The summed E-state index contributed by atoms with van der Waals surface area (Å²) in [4.78, 5) is 11.0. The van der Waals surface area contributed by atoms with Gasteiger partial charge in [0, 0.05) is 6.42 Å². The first-order valence-electron chi connectivity index (χ1n) is 4.45. The van der Waals surface area contributed by atoms with Crippen molar-refractivity contribution < 1.29 is 9.53 Å². The van der Waals surface area contributed by atoms with Crippen LogP contribution < -0.4 is 15.6 Å². The summed E-state index contributed by atoms with van der Waals surface area (Å²) < 4.78 is 5.10. The van der Waals surface area contributed by atoms with E-state index in [1.54, 1.807) is 14.0 Å². The van der Waals surface area contributed by atoms with Crippen LogP contribution in [0.4, 0.5) is 5.69 Å². The smallest absolute Gasteiger partial charge is 0.238 e. The molecule has 2 N–H and O–H groups in total. The lowest BCUT2D eigenvalue weighted by molar-refractivity contribution is -0.120. The molecule has 0 fully saturated rings. The highest BCUT2D eigenvalue weighted by Crippen LogP contribution is 2.21. The van der Waals surface area contributed by atoms with Crippen LogP contribution in [0.1, 0.15) is 13.3 Å². The topological polar surface area (TPSA) is 50.4 Å². The summed E-state index contributed by atoms with van der Waals surface area (Å²) in [6.45, 7) is 1.79. The molecule has 1 aromatic carbocycles. The van der Waals surface area contributed by atoms with E-state index in [2.05, 4.69) is 10.9 Å². The summed E-state index contributed by atoms with van der Waals surface area (Å²) in [6, 6.07) is 7.38. The molecule has 1 rings (SSSR count). The molecule has 0 aliphatic carbocycles. The molecule has 76 valence electrons. The highest BCUT2D eigenvalue weighted by molar-refractivity contribution is 5.77. The zero-order valence-electron chi connectivity index (χ0n) is 8.33. The Morgan fingerprint density at radius 2 is 2.14 bits per heavy atom. The number of carbonyl (C=O) groups is 1. The minimum Gasteiger partial charge on any atom is -0.495 e. The van der Waals surface area contributed by atoms with Gasteiger partial charge in [-0.2, -0.15) is 0 Å². The van der Waals surface area contributed by atoms with Crippen molar-refractivity contribution in [2.24, 2.45) is 0 Å². The van der Waals surface area contributed by atoms with Crippen LogP contribution in [0.3, 0.4) is 0 Å². The highest BCUT2D eigenvalue weighted by atomic mass is 16.5. The number of hydrogen-bond donors (Lipinski definition) is 2. The van der Waals surface area contributed by atoms with Crippen LogP contribution in [0.5, 0.6) is 5.75 Å². The van der Waals surface area contributed by atoms with Gasteiger partial charge in [-0.1, -0.05) is 19.1 Å². The molecule has 0 spiro atoms. The number of nitrogens with one attached hydrogen (secondary N) is 2. The van der Waals surface area contributed by atoms with E-state index in [0.717, 1.165) is 5.69 Å². The first-order valence-corrected chi connectivity index (χ1v) is 4.45. The monoisotopic (exact) mass is 194 g/mol. The van der Waals surface area contributed by atoms with Crippen LogP contribution in [0, 0.1) is 0 Å². The largest absolute Gasteiger partial charge is 0.495 e. The Balaban J connectivity index is 2.61.